The predicted octanol–water partition coefficient (Wildman–Crippen LogP) is 4.47. The summed E-state index contributed by atoms with van der Waals surface area (Å²) in [6.07, 6.45) is 0. The van der Waals surface area contributed by atoms with Gasteiger partial charge >= 0.3 is 0 Å². The molecule has 0 fully saturated rings. The van der Waals surface area contributed by atoms with Gasteiger partial charge in [-0.25, -0.2) is 0 Å². The summed E-state index contributed by atoms with van der Waals surface area (Å²) in [5.74, 6) is 1.78. The maximum atomic E-state index is 10.2. The summed E-state index contributed by atoms with van der Waals surface area (Å²) in [4.78, 5) is 0. The van der Waals surface area contributed by atoms with Crippen LogP contribution in [0.1, 0.15) is 5.56 Å². The van der Waals surface area contributed by atoms with E-state index in [0.717, 1.165) is 0 Å². The van der Waals surface area contributed by atoms with E-state index in [-0.39, 0.29) is 18.1 Å². The van der Waals surface area contributed by atoms with E-state index in [1.807, 2.05) is 48.5 Å². The van der Waals surface area contributed by atoms with Crippen molar-refractivity contribution >= 4 is 0 Å². The molecule has 3 aromatic carbocycles. The summed E-state index contributed by atoms with van der Waals surface area (Å²) in [5, 5.41) is 19.8. The highest BCUT2D eigenvalue weighted by Gasteiger charge is 2.13. The van der Waals surface area contributed by atoms with Crippen molar-refractivity contribution in [3.63, 3.8) is 0 Å². The molecule has 0 saturated carbocycles. The van der Waals surface area contributed by atoms with E-state index in [1.54, 1.807) is 18.2 Å². The lowest BCUT2D eigenvalue weighted by atomic mass is 10.1. The van der Waals surface area contributed by atoms with Gasteiger partial charge in [0.05, 0.1) is 6.61 Å². The van der Waals surface area contributed by atoms with Gasteiger partial charge in [-0.05, 0) is 30.3 Å². The van der Waals surface area contributed by atoms with Crippen LogP contribution in [0, 0.1) is 0 Å². The Labute approximate surface area is 134 Å². The van der Waals surface area contributed by atoms with Gasteiger partial charge < -0.3 is 19.7 Å². The largest absolute Gasteiger partial charge is 0.504 e. The zero-order valence-corrected chi connectivity index (χ0v) is 12.3. The number of aromatic hydroxyl groups is 1. The maximum absolute atomic E-state index is 10.2. The molecule has 0 heterocycles. The highest BCUT2D eigenvalue weighted by atomic mass is 16.5. The van der Waals surface area contributed by atoms with Crippen molar-refractivity contribution in [3.8, 4) is 28.7 Å². The van der Waals surface area contributed by atoms with Gasteiger partial charge in [-0.1, -0.05) is 36.4 Å². The van der Waals surface area contributed by atoms with Crippen molar-refractivity contribution < 1.29 is 19.7 Å². The quantitative estimate of drug-likeness (QED) is 0.730. The highest BCUT2D eigenvalue weighted by Crippen LogP contribution is 2.39. The van der Waals surface area contributed by atoms with Gasteiger partial charge in [0, 0.05) is 11.6 Å². The SMILES string of the molecule is OCc1cc(Oc2ccccc2)cc(O)c1Oc1ccccc1. The molecule has 2 N–H and O–H groups in total. The number of para-hydroxylation sites is 2. The van der Waals surface area contributed by atoms with Gasteiger partial charge in [0.25, 0.3) is 0 Å². The van der Waals surface area contributed by atoms with Gasteiger partial charge in [-0.3, -0.25) is 0 Å². The van der Waals surface area contributed by atoms with Crippen molar-refractivity contribution in [1.82, 2.24) is 0 Å². The number of ether oxygens (including phenoxy) is 2. The summed E-state index contributed by atoms with van der Waals surface area (Å²) in [7, 11) is 0. The number of phenolic OH excluding ortho intramolecular Hbond substituents is 1. The average Bonchev–Trinajstić information content (AvgIpc) is 2.59. The summed E-state index contributed by atoms with van der Waals surface area (Å²) >= 11 is 0. The molecule has 3 aromatic rings. The van der Waals surface area contributed by atoms with Crippen molar-refractivity contribution in [2.75, 3.05) is 0 Å². The molecule has 0 spiro atoms. The lowest BCUT2D eigenvalue weighted by Gasteiger charge is -2.14. The van der Waals surface area contributed by atoms with E-state index in [0.29, 0.717) is 22.8 Å². The Morgan fingerprint density at radius 3 is 1.83 bits per heavy atom. The monoisotopic (exact) mass is 308 g/mol. The first kappa shape index (κ1) is 14.9. The fraction of sp³-hybridized carbons (Fsp3) is 0.0526. The third kappa shape index (κ3) is 3.62. The molecule has 3 rings (SSSR count). The Morgan fingerprint density at radius 1 is 0.696 bits per heavy atom. The lowest BCUT2D eigenvalue weighted by molar-refractivity contribution is 0.273. The molecule has 0 aromatic heterocycles. The van der Waals surface area contributed by atoms with Gasteiger partial charge in [0.2, 0.25) is 0 Å². The number of phenols is 1. The zero-order chi connectivity index (χ0) is 16.1. The van der Waals surface area contributed by atoms with Crippen LogP contribution in [-0.4, -0.2) is 10.2 Å². The van der Waals surface area contributed by atoms with Crippen molar-refractivity contribution in [2.24, 2.45) is 0 Å². The standard InChI is InChI=1S/C19H16O4/c20-13-14-11-17(22-15-7-3-1-4-8-15)12-18(21)19(14)23-16-9-5-2-6-10-16/h1-12,20-21H,13H2. The van der Waals surface area contributed by atoms with E-state index >= 15 is 0 Å². The fourth-order valence-corrected chi connectivity index (χ4v) is 2.17. The molecule has 0 bridgehead atoms. The number of aliphatic hydroxyl groups is 1. The Bertz CT molecular complexity index is 770. The number of benzene rings is 3. The normalized spacial score (nSPS) is 10.3. The van der Waals surface area contributed by atoms with E-state index in [2.05, 4.69) is 0 Å². The van der Waals surface area contributed by atoms with Crippen molar-refractivity contribution in [1.29, 1.82) is 0 Å². The van der Waals surface area contributed by atoms with Crippen LogP contribution in [0.2, 0.25) is 0 Å². The minimum atomic E-state index is -0.276. The second kappa shape index (κ2) is 6.85. The maximum Gasteiger partial charge on any atom is 0.174 e. The Hall–Kier alpha value is -2.98. The van der Waals surface area contributed by atoms with Crippen LogP contribution >= 0.6 is 0 Å². The number of hydrogen-bond donors (Lipinski definition) is 2. The van der Waals surface area contributed by atoms with E-state index in [9.17, 15) is 10.2 Å². The summed E-state index contributed by atoms with van der Waals surface area (Å²) in [6, 6.07) is 21.4. The van der Waals surface area contributed by atoms with E-state index < -0.39 is 0 Å². The van der Waals surface area contributed by atoms with Crippen LogP contribution in [0.4, 0.5) is 0 Å². The van der Waals surface area contributed by atoms with Crippen molar-refractivity contribution in [2.45, 2.75) is 6.61 Å². The molecule has 0 atom stereocenters. The predicted molar refractivity (Wildman–Crippen MR) is 87.1 cm³/mol. The van der Waals surface area contributed by atoms with E-state index in [4.69, 9.17) is 9.47 Å². The molecule has 4 heteroatoms. The first-order valence-corrected chi connectivity index (χ1v) is 7.19. The molecule has 116 valence electrons. The van der Waals surface area contributed by atoms with Crippen LogP contribution in [0.5, 0.6) is 28.7 Å². The molecule has 0 radical (unpaired) electrons. The molecule has 4 nitrogen and oxygen atoms in total. The summed E-state index contributed by atoms with van der Waals surface area (Å²) < 4.78 is 11.4. The Morgan fingerprint density at radius 2 is 1.26 bits per heavy atom. The molecular formula is C19H16O4. The molecule has 0 unspecified atom stereocenters. The molecule has 0 aliphatic rings. The second-order valence-corrected chi connectivity index (χ2v) is 4.92. The average molecular weight is 308 g/mol. The molecular weight excluding hydrogens is 292 g/mol. The molecule has 0 saturated heterocycles. The lowest BCUT2D eigenvalue weighted by Crippen LogP contribution is -1.94. The van der Waals surface area contributed by atoms with Gasteiger partial charge in [-0.15, -0.1) is 0 Å². The van der Waals surface area contributed by atoms with Crippen LogP contribution < -0.4 is 9.47 Å². The number of hydrogen-bond acceptors (Lipinski definition) is 4. The molecule has 0 aliphatic carbocycles. The van der Waals surface area contributed by atoms with Gasteiger partial charge in [0.1, 0.15) is 17.2 Å². The van der Waals surface area contributed by atoms with Crippen LogP contribution in [-0.2, 0) is 6.61 Å². The van der Waals surface area contributed by atoms with Gasteiger partial charge in [-0.2, -0.15) is 0 Å². The minimum Gasteiger partial charge on any atom is -0.504 e. The smallest absolute Gasteiger partial charge is 0.174 e. The molecule has 0 aliphatic heterocycles. The summed E-state index contributed by atoms with van der Waals surface area (Å²) in [6.45, 7) is -0.276. The van der Waals surface area contributed by atoms with Gasteiger partial charge in [0.15, 0.2) is 11.5 Å². The Balaban J connectivity index is 1.90. The fourth-order valence-electron chi connectivity index (χ4n) is 2.17. The Kier molecular flexibility index (Phi) is 4.45. The molecule has 23 heavy (non-hydrogen) atoms. The first-order valence-electron chi connectivity index (χ1n) is 7.19. The van der Waals surface area contributed by atoms with Crippen molar-refractivity contribution in [3.05, 3.63) is 78.4 Å². The topological polar surface area (TPSA) is 58.9 Å². The number of rotatable bonds is 5. The third-order valence-corrected chi connectivity index (χ3v) is 3.23. The van der Waals surface area contributed by atoms with Crippen LogP contribution in [0.25, 0.3) is 0 Å². The third-order valence-electron chi connectivity index (χ3n) is 3.23. The number of aliphatic hydroxyl groups excluding tert-OH is 1. The molecule has 0 amide bonds. The summed E-state index contributed by atoms with van der Waals surface area (Å²) in [5.41, 5.74) is 0.444. The minimum absolute atomic E-state index is 0.0914. The van der Waals surface area contributed by atoms with Crippen LogP contribution in [0.3, 0.4) is 0 Å². The van der Waals surface area contributed by atoms with Crippen LogP contribution in [0.15, 0.2) is 72.8 Å². The second-order valence-electron chi connectivity index (χ2n) is 4.92. The van der Waals surface area contributed by atoms with E-state index in [1.165, 1.54) is 6.07 Å². The first-order chi connectivity index (χ1) is 11.3. The zero-order valence-electron chi connectivity index (χ0n) is 12.3. The highest BCUT2D eigenvalue weighted by molar-refractivity contribution is 5.53.